The van der Waals surface area contributed by atoms with Crippen molar-refractivity contribution in [3.05, 3.63) is 0 Å². The van der Waals surface area contributed by atoms with E-state index in [4.69, 9.17) is 9.73 Å². The van der Waals surface area contributed by atoms with Gasteiger partial charge in [-0.3, -0.25) is 4.99 Å². The van der Waals surface area contributed by atoms with Crippen LogP contribution in [0.3, 0.4) is 0 Å². The van der Waals surface area contributed by atoms with E-state index in [0.717, 1.165) is 38.6 Å². The zero-order valence-corrected chi connectivity index (χ0v) is 19.4. The predicted octanol–water partition coefficient (Wildman–Crippen LogP) is 3.63. The first-order valence-corrected chi connectivity index (χ1v) is 10.5. The standard InChI is InChI=1S/C20H40N4O.HI/c1-3-21-19(22-13-6-7-14-24-15-8-9-16-24)23-18-20(12-17-25-2)10-4-5-11-20;/h3-18H2,1-2H3,(H2,21,22,23);1H. The van der Waals surface area contributed by atoms with Crippen LogP contribution in [0.15, 0.2) is 4.99 Å². The molecule has 0 amide bonds. The van der Waals surface area contributed by atoms with Gasteiger partial charge in [0.2, 0.25) is 0 Å². The minimum Gasteiger partial charge on any atom is -0.385 e. The molecule has 0 spiro atoms. The van der Waals surface area contributed by atoms with Gasteiger partial charge in [0.15, 0.2) is 5.96 Å². The molecule has 2 aliphatic rings. The molecule has 2 fully saturated rings. The third-order valence-corrected chi connectivity index (χ3v) is 5.81. The number of aliphatic imine (C=N–C) groups is 1. The molecule has 0 radical (unpaired) electrons. The molecule has 1 saturated carbocycles. The molecule has 0 aromatic rings. The van der Waals surface area contributed by atoms with Gasteiger partial charge in [-0.15, -0.1) is 24.0 Å². The Balaban J connectivity index is 0.00000338. The molecular weight excluding hydrogens is 439 g/mol. The lowest BCUT2D eigenvalue weighted by Gasteiger charge is -2.27. The van der Waals surface area contributed by atoms with E-state index in [-0.39, 0.29) is 24.0 Å². The molecule has 2 N–H and O–H groups in total. The van der Waals surface area contributed by atoms with E-state index < -0.39 is 0 Å². The average molecular weight is 480 g/mol. The lowest BCUT2D eigenvalue weighted by Crippen LogP contribution is -2.39. The minimum absolute atomic E-state index is 0. The van der Waals surface area contributed by atoms with Crippen LogP contribution in [-0.2, 0) is 4.74 Å². The number of halogens is 1. The smallest absolute Gasteiger partial charge is 0.191 e. The molecule has 154 valence electrons. The lowest BCUT2D eigenvalue weighted by molar-refractivity contribution is 0.141. The molecule has 2 rings (SSSR count). The van der Waals surface area contributed by atoms with Crippen molar-refractivity contribution in [2.45, 2.75) is 64.7 Å². The average Bonchev–Trinajstić information content (AvgIpc) is 3.30. The van der Waals surface area contributed by atoms with Gasteiger partial charge in [-0.1, -0.05) is 12.8 Å². The molecule has 0 atom stereocenters. The molecule has 0 bridgehead atoms. The van der Waals surface area contributed by atoms with Crippen molar-refractivity contribution in [1.29, 1.82) is 0 Å². The summed E-state index contributed by atoms with van der Waals surface area (Å²) in [5, 5.41) is 6.94. The van der Waals surface area contributed by atoms with Gasteiger partial charge < -0.3 is 20.3 Å². The summed E-state index contributed by atoms with van der Waals surface area (Å²) < 4.78 is 5.33. The van der Waals surface area contributed by atoms with Gasteiger partial charge in [-0.25, -0.2) is 0 Å². The summed E-state index contributed by atoms with van der Waals surface area (Å²) in [6.07, 6.45) is 11.7. The first-order valence-electron chi connectivity index (χ1n) is 10.5. The second-order valence-electron chi connectivity index (χ2n) is 7.83. The van der Waals surface area contributed by atoms with Gasteiger partial charge in [0.05, 0.1) is 0 Å². The maximum Gasteiger partial charge on any atom is 0.191 e. The predicted molar refractivity (Wildman–Crippen MR) is 122 cm³/mol. The van der Waals surface area contributed by atoms with E-state index in [2.05, 4.69) is 22.5 Å². The van der Waals surface area contributed by atoms with E-state index in [1.807, 2.05) is 0 Å². The van der Waals surface area contributed by atoms with E-state index in [1.54, 1.807) is 7.11 Å². The molecular formula is C20H41IN4O. The van der Waals surface area contributed by atoms with Crippen LogP contribution in [0.4, 0.5) is 0 Å². The topological polar surface area (TPSA) is 48.9 Å². The van der Waals surface area contributed by atoms with Crippen LogP contribution in [0.1, 0.15) is 64.7 Å². The molecule has 1 aliphatic heterocycles. The zero-order chi connectivity index (χ0) is 17.8. The molecule has 6 heteroatoms. The van der Waals surface area contributed by atoms with Gasteiger partial charge in [-0.2, -0.15) is 0 Å². The minimum atomic E-state index is 0. The molecule has 26 heavy (non-hydrogen) atoms. The highest BCUT2D eigenvalue weighted by Crippen LogP contribution is 2.41. The van der Waals surface area contributed by atoms with Crippen LogP contribution in [0.25, 0.3) is 0 Å². The number of ether oxygens (including phenoxy) is 1. The Kier molecular flexibility index (Phi) is 12.9. The van der Waals surface area contributed by atoms with Crippen molar-refractivity contribution >= 4 is 29.9 Å². The highest BCUT2D eigenvalue weighted by atomic mass is 127. The van der Waals surface area contributed by atoms with Crippen LogP contribution in [0.2, 0.25) is 0 Å². The molecule has 1 saturated heterocycles. The van der Waals surface area contributed by atoms with E-state index >= 15 is 0 Å². The maximum atomic E-state index is 5.33. The number of hydrogen-bond acceptors (Lipinski definition) is 3. The van der Waals surface area contributed by atoms with Crippen molar-refractivity contribution < 1.29 is 4.74 Å². The first kappa shape index (κ1) is 24.0. The quantitative estimate of drug-likeness (QED) is 0.205. The fraction of sp³-hybridized carbons (Fsp3) is 0.950. The zero-order valence-electron chi connectivity index (χ0n) is 17.0. The van der Waals surface area contributed by atoms with Crippen LogP contribution < -0.4 is 10.6 Å². The highest BCUT2D eigenvalue weighted by molar-refractivity contribution is 14.0. The number of rotatable bonds is 11. The van der Waals surface area contributed by atoms with Crippen molar-refractivity contribution in [2.24, 2.45) is 10.4 Å². The Morgan fingerprint density at radius 2 is 1.81 bits per heavy atom. The third kappa shape index (κ3) is 8.74. The van der Waals surface area contributed by atoms with Gasteiger partial charge in [-0.05, 0) is 76.9 Å². The molecule has 0 aromatic heterocycles. The normalized spacial score (nSPS) is 20.2. The number of nitrogens with zero attached hydrogens (tertiary/aromatic N) is 2. The van der Waals surface area contributed by atoms with Crippen molar-refractivity contribution in [3.63, 3.8) is 0 Å². The Labute approximate surface area is 178 Å². The van der Waals surface area contributed by atoms with Crippen molar-refractivity contribution in [2.75, 3.05) is 53.0 Å². The maximum absolute atomic E-state index is 5.33. The summed E-state index contributed by atoms with van der Waals surface area (Å²) in [4.78, 5) is 7.52. The number of guanidine groups is 1. The number of likely N-dealkylation sites (tertiary alicyclic amines) is 1. The summed E-state index contributed by atoms with van der Waals surface area (Å²) in [6, 6.07) is 0. The van der Waals surface area contributed by atoms with Gasteiger partial charge in [0.25, 0.3) is 0 Å². The Bertz CT molecular complexity index is 380. The summed E-state index contributed by atoms with van der Waals surface area (Å²) in [6.45, 7) is 9.74. The van der Waals surface area contributed by atoms with Crippen LogP contribution in [0, 0.1) is 5.41 Å². The van der Waals surface area contributed by atoms with Crippen LogP contribution in [-0.4, -0.2) is 63.8 Å². The molecule has 0 unspecified atom stereocenters. The number of nitrogens with one attached hydrogen (secondary N) is 2. The van der Waals surface area contributed by atoms with E-state index in [9.17, 15) is 0 Å². The molecule has 1 aliphatic carbocycles. The summed E-state index contributed by atoms with van der Waals surface area (Å²) >= 11 is 0. The van der Waals surface area contributed by atoms with Gasteiger partial charge in [0.1, 0.15) is 0 Å². The largest absolute Gasteiger partial charge is 0.385 e. The SMILES string of the molecule is CCNC(=NCC1(CCOC)CCCC1)NCCCCN1CCCC1.I. The van der Waals surface area contributed by atoms with E-state index in [0.29, 0.717) is 5.41 Å². The highest BCUT2D eigenvalue weighted by Gasteiger charge is 2.33. The Morgan fingerprint density at radius 1 is 1.08 bits per heavy atom. The number of methoxy groups -OCH3 is 1. The summed E-state index contributed by atoms with van der Waals surface area (Å²) in [5.41, 5.74) is 0.369. The first-order chi connectivity index (χ1) is 12.3. The van der Waals surface area contributed by atoms with Crippen LogP contribution >= 0.6 is 24.0 Å². The van der Waals surface area contributed by atoms with Gasteiger partial charge in [0, 0.05) is 33.4 Å². The number of hydrogen-bond donors (Lipinski definition) is 2. The van der Waals surface area contributed by atoms with Crippen molar-refractivity contribution in [3.8, 4) is 0 Å². The molecule has 5 nitrogen and oxygen atoms in total. The second kappa shape index (κ2) is 14.0. The van der Waals surface area contributed by atoms with E-state index in [1.165, 1.54) is 71.0 Å². The fourth-order valence-electron chi connectivity index (χ4n) is 4.19. The molecule has 1 heterocycles. The summed E-state index contributed by atoms with van der Waals surface area (Å²) in [7, 11) is 1.81. The molecule has 0 aromatic carbocycles. The van der Waals surface area contributed by atoms with Crippen molar-refractivity contribution in [1.82, 2.24) is 15.5 Å². The fourth-order valence-corrected chi connectivity index (χ4v) is 4.19. The summed E-state index contributed by atoms with van der Waals surface area (Å²) in [5.74, 6) is 0.993. The Morgan fingerprint density at radius 3 is 2.46 bits per heavy atom. The second-order valence-corrected chi connectivity index (χ2v) is 7.83. The lowest BCUT2D eigenvalue weighted by atomic mass is 9.83. The monoisotopic (exact) mass is 480 g/mol. The number of unbranched alkanes of at least 4 members (excludes halogenated alkanes) is 1. The van der Waals surface area contributed by atoms with Gasteiger partial charge >= 0.3 is 0 Å². The third-order valence-electron chi connectivity index (χ3n) is 5.81. The van der Waals surface area contributed by atoms with Crippen LogP contribution in [0.5, 0.6) is 0 Å². The Hall–Kier alpha value is -0.0800.